The van der Waals surface area contributed by atoms with Gasteiger partial charge >= 0.3 is 0 Å². The molecule has 1 fully saturated rings. The summed E-state index contributed by atoms with van der Waals surface area (Å²) in [5.41, 5.74) is 5.42. The standard InChI is InChI=1S/C11H23N3/c1-3-14(8-10-5-4-6-10)9(2)7-11(12)13/h9-10H,3-8H2,1-2H3,(H3,12,13). The van der Waals surface area contributed by atoms with Crippen LogP contribution in [0.2, 0.25) is 0 Å². The smallest absolute Gasteiger partial charge is 0.0920 e. The molecular weight excluding hydrogens is 174 g/mol. The van der Waals surface area contributed by atoms with Crippen molar-refractivity contribution in [1.82, 2.24) is 4.90 Å². The lowest BCUT2D eigenvalue weighted by Gasteiger charge is -2.35. The molecule has 3 heteroatoms. The van der Waals surface area contributed by atoms with E-state index >= 15 is 0 Å². The fourth-order valence-electron chi connectivity index (χ4n) is 2.08. The second-order valence-electron chi connectivity index (χ2n) is 4.46. The van der Waals surface area contributed by atoms with Crippen LogP contribution >= 0.6 is 0 Å². The predicted molar refractivity (Wildman–Crippen MR) is 60.6 cm³/mol. The molecule has 82 valence electrons. The number of amidine groups is 1. The van der Waals surface area contributed by atoms with Gasteiger partial charge in [0.25, 0.3) is 0 Å². The molecule has 1 rings (SSSR count). The summed E-state index contributed by atoms with van der Waals surface area (Å²) in [5, 5.41) is 7.29. The van der Waals surface area contributed by atoms with Gasteiger partial charge in [-0.1, -0.05) is 13.3 Å². The molecule has 0 amide bonds. The van der Waals surface area contributed by atoms with E-state index in [2.05, 4.69) is 18.7 Å². The second kappa shape index (κ2) is 5.35. The minimum absolute atomic E-state index is 0.310. The van der Waals surface area contributed by atoms with Crippen molar-refractivity contribution in [1.29, 1.82) is 5.41 Å². The summed E-state index contributed by atoms with van der Waals surface area (Å²) in [7, 11) is 0. The Balaban J connectivity index is 2.30. The first-order chi connectivity index (χ1) is 6.63. The topological polar surface area (TPSA) is 53.1 Å². The first-order valence-corrected chi connectivity index (χ1v) is 5.70. The van der Waals surface area contributed by atoms with E-state index in [1.165, 1.54) is 25.8 Å². The molecule has 0 aromatic carbocycles. The Morgan fingerprint density at radius 1 is 1.57 bits per heavy atom. The molecule has 14 heavy (non-hydrogen) atoms. The number of hydrogen-bond donors (Lipinski definition) is 2. The van der Waals surface area contributed by atoms with Crippen molar-refractivity contribution in [2.24, 2.45) is 11.7 Å². The van der Waals surface area contributed by atoms with Crippen LogP contribution in [0.4, 0.5) is 0 Å². The number of nitrogens with zero attached hydrogens (tertiary/aromatic N) is 1. The zero-order valence-corrected chi connectivity index (χ0v) is 9.42. The lowest BCUT2D eigenvalue weighted by atomic mass is 9.85. The average molecular weight is 197 g/mol. The van der Waals surface area contributed by atoms with E-state index < -0.39 is 0 Å². The summed E-state index contributed by atoms with van der Waals surface area (Å²) in [6.07, 6.45) is 4.90. The highest BCUT2D eigenvalue weighted by molar-refractivity contribution is 5.77. The van der Waals surface area contributed by atoms with Crippen molar-refractivity contribution in [3.63, 3.8) is 0 Å². The molecule has 1 atom stereocenters. The van der Waals surface area contributed by atoms with Crippen molar-refractivity contribution in [2.75, 3.05) is 13.1 Å². The minimum Gasteiger partial charge on any atom is -0.388 e. The Labute approximate surface area is 87.2 Å². The highest BCUT2D eigenvalue weighted by Gasteiger charge is 2.22. The van der Waals surface area contributed by atoms with Crippen molar-refractivity contribution in [2.45, 2.75) is 45.6 Å². The normalized spacial score (nSPS) is 19.4. The molecule has 1 aliphatic rings. The van der Waals surface area contributed by atoms with Crippen LogP contribution in [0.5, 0.6) is 0 Å². The molecule has 1 unspecified atom stereocenters. The molecule has 0 aliphatic heterocycles. The van der Waals surface area contributed by atoms with Crippen molar-refractivity contribution in [3.8, 4) is 0 Å². The molecule has 0 spiro atoms. The summed E-state index contributed by atoms with van der Waals surface area (Å²) < 4.78 is 0. The van der Waals surface area contributed by atoms with E-state index in [-0.39, 0.29) is 0 Å². The van der Waals surface area contributed by atoms with E-state index in [0.29, 0.717) is 18.3 Å². The third-order valence-corrected chi connectivity index (χ3v) is 3.26. The van der Waals surface area contributed by atoms with Gasteiger partial charge in [-0.05, 0) is 32.2 Å². The lowest BCUT2D eigenvalue weighted by molar-refractivity contribution is 0.148. The van der Waals surface area contributed by atoms with E-state index in [9.17, 15) is 0 Å². The van der Waals surface area contributed by atoms with Gasteiger partial charge in [0.05, 0.1) is 5.84 Å². The Morgan fingerprint density at radius 3 is 2.57 bits per heavy atom. The van der Waals surface area contributed by atoms with E-state index in [1.807, 2.05) is 0 Å². The monoisotopic (exact) mass is 197 g/mol. The molecule has 1 saturated carbocycles. The molecular formula is C11H23N3. The highest BCUT2D eigenvalue weighted by Crippen LogP contribution is 2.27. The summed E-state index contributed by atoms with van der Waals surface area (Å²) >= 11 is 0. The Hall–Kier alpha value is -0.570. The molecule has 1 aliphatic carbocycles. The first kappa shape index (κ1) is 11.5. The Kier molecular flexibility index (Phi) is 4.39. The maximum absolute atomic E-state index is 7.29. The largest absolute Gasteiger partial charge is 0.388 e. The predicted octanol–water partition coefficient (Wildman–Crippen LogP) is 1.82. The molecule has 0 heterocycles. The molecule has 0 bridgehead atoms. The van der Waals surface area contributed by atoms with Gasteiger partial charge in [-0.2, -0.15) is 0 Å². The van der Waals surface area contributed by atoms with Crippen LogP contribution in [0.25, 0.3) is 0 Å². The number of nitrogens with one attached hydrogen (secondary N) is 1. The SMILES string of the molecule is CCN(CC1CCC1)C(C)CC(=N)N. The van der Waals surface area contributed by atoms with E-state index in [0.717, 1.165) is 12.5 Å². The van der Waals surface area contributed by atoms with Crippen LogP contribution in [0, 0.1) is 11.3 Å². The Morgan fingerprint density at radius 2 is 2.21 bits per heavy atom. The first-order valence-electron chi connectivity index (χ1n) is 5.70. The van der Waals surface area contributed by atoms with Crippen LogP contribution in [0.3, 0.4) is 0 Å². The van der Waals surface area contributed by atoms with Gasteiger partial charge in [0, 0.05) is 19.0 Å². The molecule has 0 radical (unpaired) electrons. The van der Waals surface area contributed by atoms with Crippen LogP contribution in [0.15, 0.2) is 0 Å². The lowest BCUT2D eigenvalue weighted by Crippen LogP contribution is -2.40. The van der Waals surface area contributed by atoms with Crippen LogP contribution in [-0.4, -0.2) is 29.9 Å². The molecule has 0 aromatic heterocycles. The average Bonchev–Trinajstić information content (AvgIpc) is 2.01. The summed E-state index contributed by atoms with van der Waals surface area (Å²) in [4.78, 5) is 2.45. The summed E-state index contributed by atoms with van der Waals surface area (Å²) in [6.45, 7) is 6.63. The van der Waals surface area contributed by atoms with Crippen LogP contribution in [0.1, 0.15) is 39.5 Å². The zero-order chi connectivity index (χ0) is 10.6. The van der Waals surface area contributed by atoms with Gasteiger partial charge in [-0.25, -0.2) is 0 Å². The van der Waals surface area contributed by atoms with E-state index in [1.54, 1.807) is 0 Å². The number of nitrogens with two attached hydrogens (primary N) is 1. The molecule has 3 nitrogen and oxygen atoms in total. The third-order valence-electron chi connectivity index (χ3n) is 3.26. The van der Waals surface area contributed by atoms with Crippen LogP contribution in [-0.2, 0) is 0 Å². The minimum atomic E-state index is 0.310. The molecule has 3 N–H and O–H groups in total. The second-order valence-corrected chi connectivity index (χ2v) is 4.46. The summed E-state index contributed by atoms with van der Waals surface area (Å²) in [6, 6.07) is 0.429. The van der Waals surface area contributed by atoms with Gasteiger partial charge in [0.1, 0.15) is 0 Å². The zero-order valence-electron chi connectivity index (χ0n) is 9.42. The van der Waals surface area contributed by atoms with Crippen molar-refractivity contribution < 1.29 is 0 Å². The molecule has 0 saturated heterocycles. The van der Waals surface area contributed by atoms with Gasteiger partial charge in [0.2, 0.25) is 0 Å². The number of hydrogen-bond acceptors (Lipinski definition) is 2. The fourth-order valence-corrected chi connectivity index (χ4v) is 2.08. The quantitative estimate of drug-likeness (QED) is 0.504. The van der Waals surface area contributed by atoms with Gasteiger partial charge in [-0.3, -0.25) is 5.41 Å². The van der Waals surface area contributed by atoms with Gasteiger partial charge in [0.15, 0.2) is 0 Å². The highest BCUT2D eigenvalue weighted by atomic mass is 15.1. The molecule has 0 aromatic rings. The summed E-state index contributed by atoms with van der Waals surface area (Å²) in [5.74, 6) is 1.22. The fraction of sp³-hybridized carbons (Fsp3) is 0.909. The maximum Gasteiger partial charge on any atom is 0.0920 e. The van der Waals surface area contributed by atoms with Gasteiger partial charge < -0.3 is 10.6 Å². The number of rotatable bonds is 6. The maximum atomic E-state index is 7.29. The van der Waals surface area contributed by atoms with Crippen molar-refractivity contribution in [3.05, 3.63) is 0 Å². The van der Waals surface area contributed by atoms with Crippen LogP contribution < -0.4 is 5.73 Å². The Bertz CT molecular complexity index is 187. The van der Waals surface area contributed by atoms with Crippen molar-refractivity contribution >= 4 is 5.84 Å². The van der Waals surface area contributed by atoms with Gasteiger partial charge in [-0.15, -0.1) is 0 Å². The van der Waals surface area contributed by atoms with E-state index in [4.69, 9.17) is 11.1 Å². The third kappa shape index (κ3) is 3.29.